The highest BCUT2D eigenvalue weighted by molar-refractivity contribution is 7.99. The minimum absolute atomic E-state index is 0.140. The second-order valence-corrected chi connectivity index (χ2v) is 7.91. The van der Waals surface area contributed by atoms with E-state index in [2.05, 4.69) is 21.6 Å². The van der Waals surface area contributed by atoms with Gasteiger partial charge in [0.15, 0.2) is 11.0 Å². The van der Waals surface area contributed by atoms with E-state index in [0.717, 1.165) is 17.0 Å². The Morgan fingerprint density at radius 2 is 1.85 bits per heavy atom. The minimum atomic E-state index is -0.197. The van der Waals surface area contributed by atoms with E-state index in [4.69, 9.17) is 10.00 Å². The zero-order chi connectivity index (χ0) is 23.0. The van der Waals surface area contributed by atoms with Gasteiger partial charge in [0.2, 0.25) is 5.91 Å². The molecule has 164 valence electrons. The molecule has 3 aromatic carbocycles. The van der Waals surface area contributed by atoms with Crippen LogP contribution in [-0.4, -0.2) is 33.0 Å². The Morgan fingerprint density at radius 1 is 1.06 bits per heavy atom. The van der Waals surface area contributed by atoms with Crippen molar-refractivity contribution in [3.8, 4) is 28.9 Å². The highest BCUT2D eigenvalue weighted by Gasteiger charge is 2.17. The van der Waals surface area contributed by atoms with Crippen molar-refractivity contribution in [2.24, 2.45) is 0 Å². The molecule has 4 rings (SSSR count). The number of carbonyl (C=O) groups is 1. The smallest absolute Gasteiger partial charge is 0.234 e. The summed E-state index contributed by atoms with van der Waals surface area (Å²) in [4.78, 5) is 12.5. The Hall–Kier alpha value is -4.09. The fourth-order valence-corrected chi connectivity index (χ4v) is 3.97. The molecule has 0 aliphatic carbocycles. The summed E-state index contributed by atoms with van der Waals surface area (Å²) in [5, 5.41) is 21.2. The van der Waals surface area contributed by atoms with E-state index < -0.39 is 0 Å². The summed E-state index contributed by atoms with van der Waals surface area (Å²) < 4.78 is 7.49. The molecule has 0 unspecified atom stereocenters. The van der Waals surface area contributed by atoms with Crippen molar-refractivity contribution in [3.63, 3.8) is 0 Å². The summed E-state index contributed by atoms with van der Waals surface area (Å²) >= 11 is 1.29. The monoisotopic (exact) mass is 455 g/mol. The molecule has 7 nitrogen and oxygen atoms in total. The van der Waals surface area contributed by atoms with Crippen LogP contribution in [0.15, 0.2) is 84.0 Å². The molecule has 0 spiro atoms. The minimum Gasteiger partial charge on any atom is -0.494 e. The lowest BCUT2D eigenvalue weighted by molar-refractivity contribution is -0.113. The molecule has 1 amide bonds. The molecule has 1 aromatic heterocycles. The Labute approximate surface area is 196 Å². The molecule has 8 heteroatoms. The van der Waals surface area contributed by atoms with Gasteiger partial charge in [-0.25, -0.2) is 0 Å². The first-order chi connectivity index (χ1) is 16.2. The maximum atomic E-state index is 12.5. The quantitative estimate of drug-likeness (QED) is 0.379. The average molecular weight is 456 g/mol. The van der Waals surface area contributed by atoms with Gasteiger partial charge in [-0.3, -0.25) is 9.36 Å². The lowest BCUT2D eigenvalue weighted by Gasteiger charge is -2.11. The number of amides is 1. The summed E-state index contributed by atoms with van der Waals surface area (Å²) in [6.45, 7) is 2.53. The third-order valence-electron chi connectivity index (χ3n) is 4.68. The van der Waals surface area contributed by atoms with E-state index in [9.17, 15) is 4.79 Å². The van der Waals surface area contributed by atoms with Crippen molar-refractivity contribution >= 4 is 23.4 Å². The average Bonchev–Trinajstić information content (AvgIpc) is 3.28. The molecule has 0 atom stereocenters. The first-order valence-corrected chi connectivity index (χ1v) is 11.3. The van der Waals surface area contributed by atoms with Gasteiger partial charge in [0, 0.05) is 16.9 Å². The predicted octanol–water partition coefficient (Wildman–Crippen LogP) is 4.94. The van der Waals surface area contributed by atoms with Crippen LogP contribution in [-0.2, 0) is 4.79 Å². The number of hydrogen-bond donors (Lipinski definition) is 1. The zero-order valence-electron chi connectivity index (χ0n) is 17.9. The summed E-state index contributed by atoms with van der Waals surface area (Å²) in [5.41, 5.74) is 2.86. The van der Waals surface area contributed by atoms with E-state index >= 15 is 0 Å². The van der Waals surface area contributed by atoms with Crippen LogP contribution in [0.1, 0.15) is 12.5 Å². The summed E-state index contributed by atoms with van der Waals surface area (Å²) in [7, 11) is 0. The maximum absolute atomic E-state index is 12.5. The number of nitrogens with zero attached hydrogens (tertiary/aromatic N) is 4. The van der Waals surface area contributed by atoms with Gasteiger partial charge in [-0.2, -0.15) is 5.26 Å². The van der Waals surface area contributed by atoms with Crippen LogP contribution in [0.5, 0.6) is 5.75 Å². The lowest BCUT2D eigenvalue weighted by atomic mass is 10.2. The third kappa shape index (κ3) is 5.40. The summed E-state index contributed by atoms with van der Waals surface area (Å²) in [6, 6.07) is 26.3. The van der Waals surface area contributed by atoms with E-state index in [1.54, 1.807) is 24.3 Å². The summed E-state index contributed by atoms with van der Waals surface area (Å²) in [5.74, 6) is 1.41. The van der Waals surface area contributed by atoms with Gasteiger partial charge in [-0.1, -0.05) is 48.2 Å². The first-order valence-electron chi connectivity index (χ1n) is 10.3. The highest BCUT2D eigenvalue weighted by Crippen LogP contribution is 2.29. The van der Waals surface area contributed by atoms with Gasteiger partial charge in [0.1, 0.15) is 5.75 Å². The largest absolute Gasteiger partial charge is 0.494 e. The number of carbonyl (C=O) groups excluding carboxylic acids is 1. The van der Waals surface area contributed by atoms with Crippen molar-refractivity contribution in [2.75, 3.05) is 17.7 Å². The van der Waals surface area contributed by atoms with Gasteiger partial charge < -0.3 is 10.1 Å². The SMILES string of the molecule is CCOc1ccc(-n2c(SCC(=O)Nc3cccc(C#N)c3)nnc2-c2ccccc2)cc1. The number of thioether (sulfide) groups is 1. The highest BCUT2D eigenvalue weighted by atomic mass is 32.2. The van der Waals surface area contributed by atoms with Crippen LogP contribution in [0.4, 0.5) is 5.69 Å². The molecule has 4 aromatic rings. The second-order valence-electron chi connectivity index (χ2n) is 6.96. The van der Waals surface area contributed by atoms with Crippen LogP contribution in [0.2, 0.25) is 0 Å². The molecule has 0 aliphatic heterocycles. The molecule has 0 radical (unpaired) electrons. The van der Waals surface area contributed by atoms with Gasteiger partial charge >= 0.3 is 0 Å². The first kappa shape index (κ1) is 22.1. The third-order valence-corrected chi connectivity index (χ3v) is 5.61. The van der Waals surface area contributed by atoms with Gasteiger partial charge in [-0.05, 0) is 49.4 Å². The molecular formula is C25H21N5O2S. The molecule has 0 bridgehead atoms. The lowest BCUT2D eigenvalue weighted by Crippen LogP contribution is -2.14. The van der Waals surface area contributed by atoms with Crippen molar-refractivity contribution < 1.29 is 9.53 Å². The number of anilines is 1. The van der Waals surface area contributed by atoms with Crippen LogP contribution >= 0.6 is 11.8 Å². The fourth-order valence-electron chi connectivity index (χ4n) is 3.22. The number of nitrogens with one attached hydrogen (secondary N) is 1. The van der Waals surface area contributed by atoms with E-state index in [1.165, 1.54) is 11.8 Å². The molecule has 0 saturated heterocycles. The molecule has 0 fully saturated rings. The van der Waals surface area contributed by atoms with Crippen LogP contribution in [0.3, 0.4) is 0 Å². The van der Waals surface area contributed by atoms with E-state index in [-0.39, 0.29) is 11.7 Å². The van der Waals surface area contributed by atoms with Crippen molar-refractivity contribution in [1.29, 1.82) is 5.26 Å². The van der Waals surface area contributed by atoms with E-state index in [0.29, 0.717) is 28.8 Å². The molecule has 0 saturated carbocycles. The van der Waals surface area contributed by atoms with Gasteiger partial charge in [0.25, 0.3) is 0 Å². The van der Waals surface area contributed by atoms with Gasteiger partial charge in [0.05, 0.1) is 24.0 Å². The molecular weight excluding hydrogens is 434 g/mol. The van der Waals surface area contributed by atoms with Crippen molar-refractivity contribution in [2.45, 2.75) is 12.1 Å². The second kappa shape index (κ2) is 10.5. The Morgan fingerprint density at radius 3 is 2.58 bits per heavy atom. The van der Waals surface area contributed by atoms with Crippen LogP contribution in [0.25, 0.3) is 17.1 Å². The number of benzene rings is 3. The molecule has 1 N–H and O–H groups in total. The van der Waals surface area contributed by atoms with Crippen LogP contribution < -0.4 is 10.1 Å². The van der Waals surface area contributed by atoms with Gasteiger partial charge in [-0.15, -0.1) is 10.2 Å². The predicted molar refractivity (Wildman–Crippen MR) is 128 cm³/mol. The number of hydrogen-bond acceptors (Lipinski definition) is 6. The fraction of sp³-hybridized carbons (Fsp3) is 0.120. The molecule has 1 heterocycles. The van der Waals surface area contributed by atoms with Crippen molar-refractivity contribution in [1.82, 2.24) is 14.8 Å². The molecule has 33 heavy (non-hydrogen) atoms. The Balaban J connectivity index is 1.58. The number of rotatable bonds is 8. The Kier molecular flexibility index (Phi) is 7.03. The number of nitriles is 1. The zero-order valence-corrected chi connectivity index (χ0v) is 18.7. The topological polar surface area (TPSA) is 92.8 Å². The normalized spacial score (nSPS) is 10.4. The standard InChI is InChI=1S/C25H21N5O2S/c1-2-32-22-13-11-21(12-14-22)30-24(19-8-4-3-5-9-19)28-29-25(30)33-17-23(31)27-20-10-6-7-18(15-20)16-26/h3-15H,2,17H2,1H3,(H,27,31). The van der Waals surface area contributed by atoms with Crippen LogP contribution in [0, 0.1) is 11.3 Å². The maximum Gasteiger partial charge on any atom is 0.234 e. The molecule has 0 aliphatic rings. The van der Waals surface area contributed by atoms with Crippen molar-refractivity contribution in [3.05, 3.63) is 84.4 Å². The number of ether oxygens (including phenoxy) is 1. The number of aromatic nitrogens is 3. The summed E-state index contributed by atoms with van der Waals surface area (Å²) in [6.07, 6.45) is 0. The Bertz CT molecular complexity index is 1280. The van der Waals surface area contributed by atoms with E-state index in [1.807, 2.05) is 66.1 Å².